The van der Waals surface area contributed by atoms with Gasteiger partial charge < -0.3 is 14.5 Å². The van der Waals surface area contributed by atoms with Gasteiger partial charge in [-0.3, -0.25) is 0 Å². The summed E-state index contributed by atoms with van der Waals surface area (Å²) in [5.74, 6) is 1.32. The van der Waals surface area contributed by atoms with Crippen molar-refractivity contribution in [2.45, 2.75) is 12.5 Å². The minimum absolute atomic E-state index is 0.388. The number of fused-ring (bicyclic) bond motifs is 2. The average molecular weight is 443 g/mol. The first kappa shape index (κ1) is 19.9. The Morgan fingerprint density at radius 2 is 1.88 bits per heavy atom. The standard InChI is InChI=1S/C26H26N4OS/c1-29-16-21-14-20(24-6-7-26(28-27-24)30-9-11-31-12-10-30)4-5-22(21)23(17-29)19-3-2-18-8-13-32-25(18)15-19/h2-8,13-15,23H,9-12,16-17H2,1H3. The highest BCUT2D eigenvalue weighted by Crippen LogP contribution is 2.37. The van der Waals surface area contributed by atoms with Gasteiger partial charge in [0.05, 0.1) is 18.9 Å². The fourth-order valence-corrected chi connectivity index (χ4v) is 5.76. The van der Waals surface area contributed by atoms with Gasteiger partial charge in [-0.05, 0) is 64.8 Å². The van der Waals surface area contributed by atoms with Crippen molar-refractivity contribution in [3.63, 3.8) is 0 Å². The Labute approximate surface area is 192 Å². The van der Waals surface area contributed by atoms with Crippen molar-refractivity contribution in [2.24, 2.45) is 0 Å². The van der Waals surface area contributed by atoms with Crippen LogP contribution >= 0.6 is 11.3 Å². The van der Waals surface area contributed by atoms with Crippen LogP contribution in [0.3, 0.4) is 0 Å². The molecule has 1 saturated heterocycles. The van der Waals surface area contributed by atoms with Gasteiger partial charge in [-0.15, -0.1) is 21.5 Å². The molecule has 6 heteroatoms. The van der Waals surface area contributed by atoms with E-state index in [1.807, 2.05) is 11.3 Å². The zero-order valence-electron chi connectivity index (χ0n) is 18.2. The topological polar surface area (TPSA) is 41.5 Å². The Morgan fingerprint density at radius 3 is 2.72 bits per heavy atom. The van der Waals surface area contributed by atoms with Crippen molar-refractivity contribution < 1.29 is 4.74 Å². The number of nitrogens with zero attached hydrogens (tertiary/aromatic N) is 4. The van der Waals surface area contributed by atoms with E-state index in [9.17, 15) is 0 Å². The summed E-state index contributed by atoms with van der Waals surface area (Å²) in [6.45, 7) is 5.25. The molecule has 1 fully saturated rings. The second kappa shape index (κ2) is 8.28. The molecule has 0 aliphatic carbocycles. The number of ether oxygens (including phenoxy) is 1. The van der Waals surface area contributed by atoms with E-state index in [2.05, 4.69) is 87.0 Å². The van der Waals surface area contributed by atoms with Crippen LogP contribution in [0.25, 0.3) is 21.3 Å². The quantitative estimate of drug-likeness (QED) is 0.457. The molecule has 4 aromatic rings. The maximum Gasteiger partial charge on any atom is 0.151 e. The molecule has 2 aliphatic heterocycles. The molecule has 1 atom stereocenters. The van der Waals surface area contributed by atoms with Gasteiger partial charge >= 0.3 is 0 Å². The normalized spacial score (nSPS) is 19.3. The van der Waals surface area contributed by atoms with Gasteiger partial charge in [0.2, 0.25) is 0 Å². The fraction of sp³-hybridized carbons (Fsp3) is 0.308. The summed E-state index contributed by atoms with van der Waals surface area (Å²) >= 11 is 1.82. The molecular weight excluding hydrogens is 416 g/mol. The van der Waals surface area contributed by atoms with E-state index in [1.54, 1.807) is 0 Å². The number of benzene rings is 2. The van der Waals surface area contributed by atoms with Crippen LogP contribution in [-0.2, 0) is 11.3 Å². The van der Waals surface area contributed by atoms with Gasteiger partial charge in [-0.1, -0.05) is 24.3 Å². The largest absolute Gasteiger partial charge is 0.378 e. The lowest BCUT2D eigenvalue weighted by molar-refractivity contribution is 0.122. The summed E-state index contributed by atoms with van der Waals surface area (Å²) < 4.78 is 6.81. The highest BCUT2D eigenvalue weighted by atomic mass is 32.1. The number of morpholine rings is 1. The minimum Gasteiger partial charge on any atom is -0.378 e. The smallest absolute Gasteiger partial charge is 0.151 e. The first-order valence-electron chi connectivity index (χ1n) is 11.2. The summed E-state index contributed by atoms with van der Waals surface area (Å²) in [6.07, 6.45) is 0. The molecule has 32 heavy (non-hydrogen) atoms. The van der Waals surface area contributed by atoms with Crippen LogP contribution in [0.5, 0.6) is 0 Å². The minimum atomic E-state index is 0.388. The SMILES string of the molecule is CN1Cc2cc(-c3ccc(N4CCOCC4)nn3)ccc2C(c2ccc3ccsc3c2)C1. The zero-order valence-corrected chi connectivity index (χ0v) is 19.0. The maximum atomic E-state index is 5.44. The molecular formula is C26H26N4OS. The van der Waals surface area contributed by atoms with Crippen molar-refractivity contribution in [2.75, 3.05) is 44.8 Å². The van der Waals surface area contributed by atoms with Crippen LogP contribution in [0.2, 0.25) is 0 Å². The van der Waals surface area contributed by atoms with Gasteiger partial charge in [0.1, 0.15) is 0 Å². The van der Waals surface area contributed by atoms with Gasteiger partial charge in [0.25, 0.3) is 0 Å². The Bertz CT molecular complexity index is 1250. The van der Waals surface area contributed by atoms with Crippen LogP contribution < -0.4 is 4.90 Å². The van der Waals surface area contributed by atoms with Crippen molar-refractivity contribution in [1.29, 1.82) is 0 Å². The van der Waals surface area contributed by atoms with Gasteiger partial charge in [0, 0.05) is 42.4 Å². The molecule has 0 radical (unpaired) electrons. The molecule has 6 rings (SSSR count). The van der Waals surface area contributed by atoms with E-state index in [-0.39, 0.29) is 0 Å². The van der Waals surface area contributed by atoms with Crippen molar-refractivity contribution in [3.05, 3.63) is 76.7 Å². The number of anilines is 1. The van der Waals surface area contributed by atoms with E-state index in [0.29, 0.717) is 5.92 Å². The molecule has 2 aromatic carbocycles. The maximum absolute atomic E-state index is 5.44. The molecule has 2 aliphatic rings. The highest BCUT2D eigenvalue weighted by molar-refractivity contribution is 7.17. The second-order valence-electron chi connectivity index (χ2n) is 8.76. The van der Waals surface area contributed by atoms with Crippen molar-refractivity contribution in [1.82, 2.24) is 15.1 Å². The summed E-state index contributed by atoms with van der Waals surface area (Å²) in [5, 5.41) is 12.6. The third-order valence-corrected chi connectivity index (χ3v) is 7.50. The molecule has 4 heterocycles. The zero-order chi connectivity index (χ0) is 21.5. The van der Waals surface area contributed by atoms with E-state index in [0.717, 1.165) is 56.5 Å². The monoisotopic (exact) mass is 442 g/mol. The second-order valence-corrected chi connectivity index (χ2v) is 9.70. The van der Waals surface area contributed by atoms with Crippen LogP contribution in [0.15, 0.2) is 60.0 Å². The Morgan fingerprint density at radius 1 is 0.969 bits per heavy atom. The lowest BCUT2D eigenvalue weighted by atomic mass is 9.83. The number of thiophene rings is 1. The number of rotatable bonds is 3. The Hall–Kier alpha value is -2.80. The van der Waals surface area contributed by atoms with E-state index >= 15 is 0 Å². The molecule has 162 valence electrons. The summed E-state index contributed by atoms with van der Waals surface area (Å²) in [5.41, 5.74) is 6.27. The third-order valence-electron chi connectivity index (χ3n) is 6.62. The molecule has 0 saturated carbocycles. The first-order chi connectivity index (χ1) is 15.7. The molecule has 5 nitrogen and oxygen atoms in total. The fourth-order valence-electron chi connectivity index (χ4n) is 4.92. The van der Waals surface area contributed by atoms with Gasteiger partial charge in [-0.25, -0.2) is 0 Å². The average Bonchev–Trinajstić information content (AvgIpc) is 3.32. The van der Waals surface area contributed by atoms with Crippen molar-refractivity contribution >= 4 is 27.2 Å². The van der Waals surface area contributed by atoms with E-state index in [1.165, 1.54) is 26.8 Å². The first-order valence-corrected chi connectivity index (χ1v) is 12.1. The van der Waals surface area contributed by atoms with Crippen LogP contribution in [0, 0.1) is 0 Å². The predicted octanol–water partition coefficient (Wildman–Crippen LogP) is 4.77. The van der Waals surface area contributed by atoms with Crippen LogP contribution in [-0.4, -0.2) is 55.0 Å². The van der Waals surface area contributed by atoms with Crippen molar-refractivity contribution in [3.8, 4) is 11.3 Å². The molecule has 1 unspecified atom stereocenters. The number of hydrogen-bond donors (Lipinski definition) is 0. The van der Waals surface area contributed by atoms with Gasteiger partial charge in [-0.2, -0.15) is 0 Å². The Balaban J connectivity index is 1.31. The lowest BCUT2D eigenvalue weighted by Gasteiger charge is -2.33. The Kier molecular flexibility index (Phi) is 5.14. The number of hydrogen-bond acceptors (Lipinski definition) is 6. The molecule has 0 spiro atoms. The van der Waals surface area contributed by atoms with Crippen LogP contribution in [0.1, 0.15) is 22.6 Å². The predicted molar refractivity (Wildman–Crippen MR) is 131 cm³/mol. The molecule has 0 N–H and O–H groups in total. The van der Waals surface area contributed by atoms with Crippen LogP contribution in [0.4, 0.5) is 5.82 Å². The van der Waals surface area contributed by atoms with Gasteiger partial charge in [0.15, 0.2) is 5.82 Å². The summed E-state index contributed by atoms with van der Waals surface area (Å²) in [7, 11) is 2.21. The summed E-state index contributed by atoms with van der Waals surface area (Å²) in [4.78, 5) is 4.65. The number of aromatic nitrogens is 2. The molecule has 2 aromatic heterocycles. The molecule has 0 bridgehead atoms. The third kappa shape index (κ3) is 3.68. The highest BCUT2D eigenvalue weighted by Gasteiger charge is 2.25. The lowest BCUT2D eigenvalue weighted by Crippen LogP contribution is -2.36. The summed E-state index contributed by atoms with van der Waals surface area (Å²) in [6, 6.07) is 20.1. The molecule has 0 amide bonds. The van der Waals surface area contributed by atoms with E-state index in [4.69, 9.17) is 4.74 Å². The van der Waals surface area contributed by atoms with E-state index < -0.39 is 0 Å². The number of likely N-dealkylation sites (N-methyl/N-ethyl adjacent to an activating group) is 1.